The Balaban J connectivity index is 1.38. The van der Waals surface area contributed by atoms with Crippen LogP contribution in [0.15, 0.2) is 96.1 Å². The van der Waals surface area contributed by atoms with E-state index in [-0.39, 0.29) is 30.3 Å². The van der Waals surface area contributed by atoms with Gasteiger partial charge in [-0.2, -0.15) is 0 Å². The maximum atomic E-state index is 13.5. The van der Waals surface area contributed by atoms with Crippen LogP contribution in [0.3, 0.4) is 0 Å². The molecule has 6 rings (SSSR count). The molecule has 0 atom stereocenters. The van der Waals surface area contributed by atoms with Gasteiger partial charge in [-0.15, -0.1) is 0 Å². The molecule has 0 spiro atoms. The highest BCUT2D eigenvalue weighted by Gasteiger charge is 2.37. The Bertz CT molecular complexity index is 1760. The molecule has 3 aromatic carbocycles. The molecule has 0 aliphatic carbocycles. The summed E-state index contributed by atoms with van der Waals surface area (Å²) in [5.41, 5.74) is 3.18. The minimum atomic E-state index is -0.364. The van der Waals surface area contributed by atoms with Crippen LogP contribution < -0.4 is 10.3 Å². The van der Waals surface area contributed by atoms with Gasteiger partial charge >= 0.3 is 0 Å². The third-order valence-electron chi connectivity index (χ3n) is 6.73. The van der Waals surface area contributed by atoms with E-state index in [4.69, 9.17) is 9.72 Å². The first kappa shape index (κ1) is 23.3. The van der Waals surface area contributed by atoms with Crippen LogP contribution in [-0.4, -0.2) is 44.9 Å². The number of benzene rings is 3. The molecule has 0 fully saturated rings. The largest absolute Gasteiger partial charge is 0.497 e. The van der Waals surface area contributed by atoms with Gasteiger partial charge in [-0.25, -0.2) is 4.98 Å². The zero-order chi connectivity index (χ0) is 26.2. The van der Waals surface area contributed by atoms with Crippen molar-refractivity contribution in [2.24, 2.45) is 0 Å². The molecule has 8 nitrogen and oxygen atoms in total. The lowest BCUT2D eigenvalue weighted by Crippen LogP contribution is -2.33. The van der Waals surface area contributed by atoms with E-state index in [2.05, 4.69) is 4.98 Å². The van der Waals surface area contributed by atoms with Gasteiger partial charge in [0.15, 0.2) is 0 Å². The molecule has 1 aliphatic heterocycles. The molecule has 0 saturated heterocycles. The number of hydrogen-bond acceptors (Lipinski definition) is 6. The zero-order valence-electron chi connectivity index (χ0n) is 20.5. The van der Waals surface area contributed by atoms with Crippen molar-refractivity contribution in [1.82, 2.24) is 19.4 Å². The van der Waals surface area contributed by atoms with Gasteiger partial charge in [0.25, 0.3) is 17.4 Å². The highest BCUT2D eigenvalue weighted by atomic mass is 16.4. The second-order valence-electron chi connectivity index (χ2n) is 8.86. The molecule has 5 aromatic rings. The molecule has 8 heteroatoms. The van der Waals surface area contributed by atoms with Crippen molar-refractivity contribution in [3.05, 3.63) is 119 Å². The van der Waals surface area contributed by atoms with Crippen molar-refractivity contribution in [1.29, 1.82) is 0 Å². The predicted molar refractivity (Wildman–Crippen MR) is 143 cm³/mol. The van der Waals surface area contributed by atoms with Crippen LogP contribution in [0.25, 0.3) is 27.7 Å². The smallest absolute Gasteiger partial charge is 0.265 e. The van der Waals surface area contributed by atoms with E-state index < -0.39 is 0 Å². The van der Waals surface area contributed by atoms with Gasteiger partial charge in [0, 0.05) is 25.4 Å². The Morgan fingerprint density at radius 2 is 1.53 bits per heavy atom. The van der Waals surface area contributed by atoms with Gasteiger partial charge in [-0.1, -0.05) is 24.3 Å². The van der Waals surface area contributed by atoms with Crippen LogP contribution in [-0.2, 0) is 6.42 Å². The summed E-state index contributed by atoms with van der Waals surface area (Å²) in [5, 5.41) is 0.481. The number of para-hydroxylation sites is 1. The first-order chi connectivity index (χ1) is 18.6. The minimum absolute atomic E-state index is 0.0725. The fraction of sp³-hybridized carbons (Fsp3) is 0.100. The number of ether oxygens (including phenoxy) is 1. The number of aromatic nitrogens is 3. The first-order valence-corrected chi connectivity index (χ1v) is 12.1. The first-order valence-electron chi connectivity index (χ1n) is 12.1. The lowest BCUT2D eigenvalue weighted by atomic mass is 9.97. The van der Waals surface area contributed by atoms with Crippen molar-refractivity contribution in [2.45, 2.75) is 6.42 Å². The summed E-state index contributed by atoms with van der Waals surface area (Å²) in [6.45, 7) is 0.0725. The van der Waals surface area contributed by atoms with Crippen molar-refractivity contribution >= 4 is 22.7 Å². The number of imide groups is 1. The Labute approximate surface area is 217 Å². The normalized spacial score (nSPS) is 12.7. The summed E-state index contributed by atoms with van der Waals surface area (Å²) in [7, 11) is 1.58. The predicted octanol–water partition coefficient (Wildman–Crippen LogP) is 4.30. The molecule has 186 valence electrons. The molecular weight excluding hydrogens is 479 g/mol. The van der Waals surface area contributed by atoms with Crippen LogP contribution in [0.5, 0.6) is 5.75 Å². The second kappa shape index (κ2) is 9.40. The van der Waals surface area contributed by atoms with Crippen LogP contribution in [0, 0.1) is 0 Å². The van der Waals surface area contributed by atoms with Gasteiger partial charge in [0.1, 0.15) is 11.6 Å². The van der Waals surface area contributed by atoms with Crippen LogP contribution in [0.1, 0.15) is 26.5 Å². The van der Waals surface area contributed by atoms with Crippen LogP contribution in [0.4, 0.5) is 0 Å². The molecule has 0 saturated carbocycles. The summed E-state index contributed by atoms with van der Waals surface area (Å²) < 4.78 is 6.79. The SMILES string of the molecule is [11CH3]Oc1ccc(-n2c(CCN3C(=O)c4cccc(-c5ccncc5)c4C3=O)nc3ccccc3c2=O)cc1. The number of nitrogens with zero attached hydrogens (tertiary/aromatic N) is 4. The lowest BCUT2D eigenvalue weighted by Gasteiger charge is -2.17. The Morgan fingerprint density at radius 1 is 0.789 bits per heavy atom. The number of hydrogen-bond donors (Lipinski definition) is 0. The molecule has 0 N–H and O–H groups in total. The Morgan fingerprint density at radius 3 is 2.29 bits per heavy atom. The van der Waals surface area contributed by atoms with E-state index in [0.717, 1.165) is 5.56 Å². The van der Waals surface area contributed by atoms with Gasteiger partial charge in [-0.05, 0) is 65.7 Å². The Hall–Kier alpha value is -5.11. The highest BCUT2D eigenvalue weighted by Crippen LogP contribution is 2.32. The minimum Gasteiger partial charge on any atom is -0.497 e. The standard InChI is InChI=1S/C30H22N4O4/c1-38-21-11-9-20(10-12-21)34-26(32-25-8-3-2-5-23(25)29(34)36)15-18-33-28(35)24-7-4-6-22(27(24)30(33)37)19-13-16-31-17-14-19/h2-14,16-17H,15,18H2,1H3/i1-1. The molecule has 1 aliphatic rings. The number of carbonyl (C=O) groups excluding carboxylic acids is 2. The Kier molecular flexibility index (Phi) is 5.76. The van der Waals surface area contributed by atoms with Crippen LogP contribution >= 0.6 is 0 Å². The second-order valence-corrected chi connectivity index (χ2v) is 8.86. The molecule has 0 radical (unpaired) electrons. The maximum Gasteiger partial charge on any atom is 0.265 e. The number of carbonyl (C=O) groups is 2. The number of pyridine rings is 1. The van der Waals surface area contributed by atoms with Crippen molar-refractivity contribution < 1.29 is 14.3 Å². The van der Waals surface area contributed by atoms with E-state index >= 15 is 0 Å². The topological polar surface area (TPSA) is 94.4 Å². The monoisotopic (exact) mass is 501 g/mol. The van der Waals surface area contributed by atoms with Gasteiger partial charge in [-0.3, -0.25) is 28.8 Å². The van der Waals surface area contributed by atoms with Crippen molar-refractivity contribution in [2.75, 3.05) is 13.7 Å². The fourth-order valence-electron chi connectivity index (χ4n) is 4.86. The molecular formula is C30H22N4O4. The average molecular weight is 502 g/mol. The highest BCUT2D eigenvalue weighted by molar-refractivity contribution is 6.24. The van der Waals surface area contributed by atoms with Gasteiger partial charge < -0.3 is 4.74 Å². The fourth-order valence-corrected chi connectivity index (χ4v) is 4.86. The maximum absolute atomic E-state index is 13.5. The van der Waals surface area contributed by atoms with Crippen LogP contribution in [0.2, 0.25) is 0 Å². The molecule has 2 aromatic heterocycles. The molecule has 2 amide bonds. The summed E-state index contributed by atoms with van der Waals surface area (Å²) in [6, 6.07) is 23.1. The summed E-state index contributed by atoms with van der Waals surface area (Å²) in [5.74, 6) is 0.384. The quantitative estimate of drug-likeness (QED) is 0.322. The third kappa shape index (κ3) is 3.83. The van der Waals surface area contributed by atoms with Crippen molar-refractivity contribution in [3.8, 4) is 22.6 Å². The third-order valence-corrected chi connectivity index (χ3v) is 6.73. The molecule has 0 bridgehead atoms. The van der Waals surface area contributed by atoms with E-state index in [9.17, 15) is 14.4 Å². The van der Waals surface area contributed by atoms with E-state index in [0.29, 0.717) is 44.9 Å². The number of methoxy groups -OCH3 is 1. The van der Waals surface area contributed by atoms with Crippen molar-refractivity contribution in [3.63, 3.8) is 0 Å². The summed E-state index contributed by atoms with van der Waals surface area (Å²) in [4.78, 5) is 50.4. The molecule has 0 unspecified atom stereocenters. The van der Waals surface area contributed by atoms with E-state index in [1.807, 2.05) is 24.3 Å². The number of fused-ring (bicyclic) bond motifs is 2. The zero-order valence-corrected chi connectivity index (χ0v) is 20.5. The number of rotatable bonds is 6. The summed E-state index contributed by atoms with van der Waals surface area (Å²) >= 11 is 0. The summed E-state index contributed by atoms with van der Waals surface area (Å²) in [6.07, 6.45) is 3.50. The average Bonchev–Trinajstić information content (AvgIpc) is 3.21. The molecule has 3 heterocycles. The number of amides is 2. The lowest BCUT2D eigenvalue weighted by molar-refractivity contribution is 0.0655. The van der Waals surface area contributed by atoms with E-state index in [1.165, 1.54) is 9.47 Å². The molecule has 38 heavy (non-hydrogen) atoms. The van der Waals surface area contributed by atoms with Gasteiger partial charge in [0.05, 0.1) is 34.8 Å². The van der Waals surface area contributed by atoms with Gasteiger partial charge in [0.2, 0.25) is 0 Å². The van der Waals surface area contributed by atoms with E-state index in [1.54, 1.807) is 74.1 Å².